The largest absolute Gasteiger partial charge is 0.341 e. The van der Waals surface area contributed by atoms with E-state index in [1.165, 1.54) is 118 Å². The summed E-state index contributed by atoms with van der Waals surface area (Å²) >= 11 is 0. The Bertz CT molecular complexity index is 3210. The number of para-hydroxylation sites is 3. The monoisotopic (exact) mass is 824 g/mol. The molecule has 5 aliphatic rings. The average Bonchev–Trinajstić information content (AvgIpc) is 3.92. The smallest absolute Gasteiger partial charge is 0.0502 e. The fourth-order valence-electron chi connectivity index (χ4n) is 12.7. The summed E-state index contributed by atoms with van der Waals surface area (Å²) in [5.41, 5.74) is 26.9. The third-order valence-electron chi connectivity index (χ3n) is 15.9. The standard InChI is InChI=1S/C62H52N2/c1-60(2)51-18-8-11-21-58(51)64(59-22-12-9-19-52(59)60)46-28-32-48-47-29-25-40(34-53(47)61(3,4)54(48)37-46)23-24-41-26-30-49-50-31-27-45(63-33-13-17-42-14-7-10-20-57(42)63)36-56(50)62(55(49)35-41)38-43-15-5-6-16-44(43)39-62/h5-12,14-16,18-32,34-37H,13,17,33,38-39H2,1-4H3/b24-23+. The van der Waals surface area contributed by atoms with Gasteiger partial charge >= 0.3 is 0 Å². The summed E-state index contributed by atoms with van der Waals surface area (Å²) in [5, 5.41) is 0. The van der Waals surface area contributed by atoms with E-state index in [9.17, 15) is 0 Å². The van der Waals surface area contributed by atoms with Gasteiger partial charge in [0.2, 0.25) is 0 Å². The highest BCUT2D eigenvalue weighted by atomic mass is 15.2. The van der Waals surface area contributed by atoms with Crippen LogP contribution in [0.1, 0.15) is 95.3 Å². The fourth-order valence-corrected chi connectivity index (χ4v) is 12.7. The van der Waals surface area contributed by atoms with E-state index >= 15 is 0 Å². The van der Waals surface area contributed by atoms with Crippen LogP contribution >= 0.6 is 0 Å². The van der Waals surface area contributed by atoms with Crippen LogP contribution in [0.25, 0.3) is 34.4 Å². The Kier molecular flexibility index (Phi) is 7.97. The number of rotatable bonds is 4. The van der Waals surface area contributed by atoms with E-state index in [2.05, 4.69) is 220 Å². The molecule has 0 N–H and O–H groups in total. The van der Waals surface area contributed by atoms with Crippen molar-refractivity contribution in [2.24, 2.45) is 0 Å². The molecule has 2 heteroatoms. The Labute approximate surface area is 378 Å². The van der Waals surface area contributed by atoms with Crippen molar-refractivity contribution < 1.29 is 0 Å². The predicted molar refractivity (Wildman–Crippen MR) is 268 cm³/mol. The fraction of sp³-hybridized carbons (Fsp3) is 0.194. The summed E-state index contributed by atoms with van der Waals surface area (Å²) in [6, 6.07) is 64.9. The molecule has 0 saturated heterocycles. The zero-order chi connectivity index (χ0) is 43.0. The minimum Gasteiger partial charge on any atom is -0.341 e. The molecule has 8 aromatic rings. The number of hydrogen-bond donors (Lipinski definition) is 0. The Balaban J connectivity index is 0.840. The molecule has 1 spiro atoms. The van der Waals surface area contributed by atoms with Crippen LogP contribution in [0.5, 0.6) is 0 Å². The maximum Gasteiger partial charge on any atom is 0.0502 e. The van der Waals surface area contributed by atoms with Crippen molar-refractivity contribution in [3.63, 3.8) is 0 Å². The maximum atomic E-state index is 2.56. The molecule has 2 nitrogen and oxygen atoms in total. The minimum atomic E-state index is -0.156. The Morgan fingerprint density at radius 1 is 0.406 bits per heavy atom. The number of nitrogens with zero attached hydrogens (tertiary/aromatic N) is 2. The Hall–Kier alpha value is -6.90. The number of benzene rings is 8. The second-order valence-corrected chi connectivity index (χ2v) is 20.1. The van der Waals surface area contributed by atoms with Crippen LogP contribution < -0.4 is 9.80 Å². The molecular weight excluding hydrogens is 773 g/mol. The van der Waals surface area contributed by atoms with E-state index in [4.69, 9.17) is 0 Å². The third kappa shape index (κ3) is 5.32. The summed E-state index contributed by atoms with van der Waals surface area (Å²) < 4.78 is 0. The van der Waals surface area contributed by atoms with Crippen molar-refractivity contribution in [1.29, 1.82) is 0 Å². The molecule has 0 amide bonds. The van der Waals surface area contributed by atoms with E-state index in [0.29, 0.717) is 0 Å². The molecule has 0 atom stereocenters. The van der Waals surface area contributed by atoms with Gasteiger partial charge in [-0.25, -0.2) is 0 Å². The van der Waals surface area contributed by atoms with Crippen LogP contribution in [0.3, 0.4) is 0 Å². The van der Waals surface area contributed by atoms with Crippen LogP contribution in [-0.4, -0.2) is 6.54 Å². The number of fused-ring (bicyclic) bond motifs is 12. The highest BCUT2D eigenvalue weighted by Gasteiger charge is 2.47. The van der Waals surface area contributed by atoms with Gasteiger partial charge < -0.3 is 9.80 Å². The first-order chi connectivity index (χ1) is 31.2. The molecule has 310 valence electrons. The summed E-state index contributed by atoms with van der Waals surface area (Å²) in [6.45, 7) is 10.6. The van der Waals surface area contributed by atoms with Gasteiger partial charge in [0.1, 0.15) is 0 Å². The molecule has 0 fully saturated rings. The van der Waals surface area contributed by atoms with E-state index in [1.54, 1.807) is 0 Å². The topological polar surface area (TPSA) is 6.48 Å². The molecule has 2 heterocycles. The third-order valence-corrected chi connectivity index (χ3v) is 15.9. The lowest BCUT2D eigenvalue weighted by Crippen LogP contribution is -2.30. The van der Waals surface area contributed by atoms with Gasteiger partial charge in [0, 0.05) is 39.9 Å². The zero-order valence-corrected chi connectivity index (χ0v) is 37.3. The van der Waals surface area contributed by atoms with Crippen LogP contribution in [-0.2, 0) is 35.5 Å². The van der Waals surface area contributed by atoms with Gasteiger partial charge in [-0.15, -0.1) is 0 Å². The summed E-state index contributed by atoms with van der Waals surface area (Å²) in [4.78, 5) is 5.05. The molecule has 3 aliphatic carbocycles. The normalized spacial score (nSPS) is 17.3. The van der Waals surface area contributed by atoms with E-state index in [1.807, 2.05) is 0 Å². The van der Waals surface area contributed by atoms with Crippen molar-refractivity contribution in [1.82, 2.24) is 0 Å². The number of aryl methyl sites for hydroxylation is 1. The SMILES string of the molecule is CC1(C)c2cc(/C=C/c3ccc4c(c3)C3(Cc5ccccc5C3)c3cc(N5CCCc6ccccc65)ccc3-4)ccc2-c2ccc(N3c4ccccc4C(C)(C)c4ccccc43)cc21. The molecule has 8 aromatic carbocycles. The van der Waals surface area contributed by atoms with Crippen molar-refractivity contribution in [3.05, 3.63) is 231 Å². The average molecular weight is 825 g/mol. The van der Waals surface area contributed by atoms with Crippen molar-refractivity contribution in [2.45, 2.75) is 69.6 Å². The molecular formula is C62H52N2. The molecule has 0 saturated carbocycles. The summed E-state index contributed by atoms with van der Waals surface area (Å²) in [5.74, 6) is 0. The summed E-state index contributed by atoms with van der Waals surface area (Å²) in [6.07, 6.45) is 9.08. The first-order valence-electron chi connectivity index (χ1n) is 23.4. The van der Waals surface area contributed by atoms with Gasteiger partial charge in [0.15, 0.2) is 0 Å². The Morgan fingerprint density at radius 2 is 0.859 bits per heavy atom. The molecule has 64 heavy (non-hydrogen) atoms. The molecule has 0 bridgehead atoms. The first kappa shape index (κ1) is 37.6. The number of anilines is 5. The summed E-state index contributed by atoms with van der Waals surface area (Å²) in [7, 11) is 0. The van der Waals surface area contributed by atoms with Gasteiger partial charge in [0.25, 0.3) is 0 Å². The molecule has 2 aliphatic heterocycles. The predicted octanol–water partition coefficient (Wildman–Crippen LogP) is 15.4. The minimum absolute atomic E-state index is 0.0830. The van der Waals surface area contributed by atoms with E-state index in [0.717, 1.165) is 25.8 Å². The highest BCUT2D eigenvalue weighted by molar-refractivity contribution is 5.91. The van der Waals surface area contributed by atoms with Gasteiger partial charge in [0.05, 0.1) is 11.4 Å². The second-order valence-electron chi connectivity index (χ2n) is 20.1. The molecule has 0 aromatic heterocycles. The van der Waals surface area contributed by atoms with Crippen LogP contribution in [0.2, 0.25) is 0 Å². The van der Waals surface area contributed by atoms with Crippen molar-refractivity contribution in [3.8, 4) is 22.3 Å². The lowest BCUT2D eigenvalue weighted by molar-refractivity contribution is 0.563. The van der Waals surface area contributed by atoms with E-state index in [-0.39, 0.29) is 16.2 Å². The highest BCUT2D eigenvalue weighted by Crippen LogP contribution is 2.58. The van der Waals surface area contributed by atoms with Crippen LogP contribution in [0.15, 0.2) is 170 Å². The van der Waals surface area contributed by atoms with Gasteiger partial charge in [-0.2, -0.15) is 0 Å². The molecule has 0 radical (unpaired) electrons. The Morgan fingerprint density at radius 3 is 1.50 bits per heavy atom. The van der Waals surface area contributed by atoms with Crippen molar-refractivity contribution >= 4 is 40.6 Å². The number of hydrogen-bond acceptors (Lipinski definition) is 2. The lowest BCUT2D eigenvalue weighted by Gasteiger charge is -2.42. The van der Waals surface area contributed by atoms with Crippen molar-refractivity contribution in [2.75, 3.05) is 16.3 Å². The van der Waals surface area contributed by atoms with E-state index < -0.39 is 0 Å². The van der Waals surface area contributed by atoms with Gasteiger partial charge in [-0.1, -0.05) is 167 Å². The molecule has 0 unspecified atom stereocenters. The van der Waals surface area contributed by atoms with Crippen LogP contribution in [0.4, 0.5) is 28.4 Å². The van der Waals surface area contributed by atoms with Gasteiger partial charge in [-0.05, 0) is 152 Å². The maximum absolute atomic E-state index is 2.56. The van der Waals surface area contributed by atoms with Gasteiger partial charge in [-0.3, -0.25) is 0 Å². The second kappa shape index (κ2) is 13.6. The van der Waals surface area contributed by atoms with Crippen LogP contribution in [0, 0.1) is 0 Å². The first-order valence-corrected chi connectivity index (χ1v) is 23.4. The zero-order valence-electron chi connectivity index (χ0n) is 37.3. The quantitative estimate of drug-likeness (QED) is 0.163. The molecule has 13 rings (SSSR count). The lowest BCUT2D eigenvalue weighted by atomic mass is 9.73.